The summed E-state index contributed by atoms with van der Waals surface area (Å²) in [5.41, 5.74) is 2.83. The number of hydrogen-bond acceptors (Lipinski definition) is 4. The molecule has 0 spiro atoms. The van der Waals surface area contributed by atoms with Gasteiger partial charge < -0.3 is 8.96 Å². The van der Waals surface area contributed by atoms with Crippen LogP contribution in [0.5, 0.6) is 0 Å². The molecular formula is C36H12BCl7N6. The molecule has 0 saturated carbocycles. The van der Waals surface area contributed by atoms with E-state index in [9.17, 15) is 0 Å². The summed E-state index contributed by atoms with van der Waals surface area (Å²) < 4.78 is 3.85. The molecule has 5 heterocycles. The van der Waals surface area contributed by atoms with Crippen molar-refractivity contribution in [3.8, 4) is 0 Å². The van der Waals surface area contributed by atoms with E-state index in [2.05, 4.69) is 12.1 Å². The molecule has 6 nitrogen and oxygen atoms in total. The minimum absolute atomic E-state index is 0.455. The van der Waals surface area contributed by atoms with Crippen molar-refractivity contribution in [1.29, 1.82) is 0 Å². The molecule has 3 aliphatic heterocycles. The Morgan fingerprint density at radius 1 is 0.380 bits per heavy atom. The second kappa shape index (κ2) is 10.2. The summed E-state index contributed by atoms with van der Waals surface area (Å²) in [5, 5.41) is 11.5. The fourth-order valence-electron chi connectivity index (χ4n) is 7.38. The average molecular weight is 788 g/mol. The van der Waals surface area contributed by atoms with Crippen LogP contribution in [0.25, 0.3) is 53.9 Å². The molecule has 0 radical (unpaired) electrons. The van der Waals surface area contributed by atoms with Gasteiger partial charge in [0.25, 0.3) is 0 Å². The van der Waals surface area contributed by atoms with Crippen molar-refractivity contribution >= 4 is 165 Å². The first-order chi connectivity index (χ1) is 24.1. The van der Waals surface area contributed by atoms with Gasteiger partial charge in [0.05, 0.1) is 30.1 Å². The lowest BCUT2D eigenvalue weighted by Gasteiger charge is -2.18. The molecule has 3 aliphatic rings. The van der Waals surface area contributed by atoms with Crippen molar-refractivity contribution in [1.82, 2.24) is 8.96 Å². The van der Waals surface area contributed by atoms with Crippen LogP contribution >= 0.6 is 81.1 Å². The molecule has 14 heteroatoms. The molecule has 0 unspecified atom stereocenters. The third-order valence-electron chi connectivity index (χ3n) is 9.68. The molecule has 50 heavy (non-hydrogen) atoms. The summed E-state index contributed by atoms with van der Waals surface area (Å²) in [5.74, 6) is 2.19. The highest BCUT2D eigenvalue weighted by molar-refractivity contribution is 7.05. The maximum atomic E-state index is 7.56. The van der Waals surface area contributed by atoms with Gasteiger partial charge in [-0.15, -0.1) is 11.5 Å². The van der Waals surface area contributed by atoms with E-state index in [4.69, 9.17) is 101 Å². The number of amidine groups is 2. The van der Waals surface area contributed by atoms with Crippen LogP contribution in [-0.4, -0.2) is 27.0 Å². The zero-order valence-corrected chi connectivity index (χ0v) is 30.1. The van der Waals surface area contributed by atoms with Gasteiger partial charge in [-0.2, -0.15) is 0 Å². The molecule has 0 amide bonds. The lowest BCUT2D eigenvalue weighted by atomic mass is 10.0. The molecule has 0 N–H and O–H groups in total. The number of hydrogen-bond donors (Lipinski definition) is 0. The number of aliphatic imine (C=N–C) groups is 2. The van der Waals surface area contributed by atoms with Crippen LogP contribution < -0.4 is 11.0 Å². The van der Waals surface area contributed by atoms with E-state index in [-0.39, 0.29) is 0 Å². The van der Waals surface area contributed by atoms with E-state index in [1.165, 1.54) is 0 Å². The summed E-state index contributed by atoms with van der Waals surface area (Å²) >= 11 is 46.4. The zero-order chi connectivity index (χ0) is 33.9. The first kappa shape index (κ1) is 29.9. The van der Waals surface area contributed by atoms with E-state index >= 15 is 0 Å². The Morgan fingerprint density at radius 2 is 0.740 bits per heavy atom. The van der Waals surface area contributed by atoms with Crippen molar-refractivity contribution in [2.45, 2.75) is 0 Å². The van der Waals surface area contributed by atoms with Crippen LogP contribution in [0.15, 0.2) is 92.8 Å². The fourth-order valence-corrected chi connectivity index (χ4v) is 8.78. The molecule has 4 bridgehead atoms. The zero-order valence-electron chi connectivity index (χ0n) is 24.8. The molecule has 2 aromatic heterocycles. The molecule has 11 rings (SSSR count). The van der Waals surface area contributed by atoms with E-state index in [0.717, 1.165) is 65.0 Å². The number of rotatable bonds is 0. The highest BCUT2D eigenvalue weighted by Crippen LogP contribution is 2.44. The van der Waals surface area contributed by atoms with Gasteiger partial charge in [-0.3, -0.25) is 0 Å². The minimum atomic E-state index is -0.793. The van der Waals surface area contributed by atoms with Crippen LogP contribution in [0, 0.1) is 0 Å². The number of halogens is 7. The lowest BCUT2D eigenvalue weighted by Crippen LogP contribution is -2.44. The Kier molecular flexibility index (Phi) is 6.08. The van der Waals surface area contributed by atoms with E-state index < -0.39 is 6.40 Å². The van der Waals surface area contributed by atoms with Crippen LogP contribution in [0.2, 0.25) is 30.1 Å². The number of fused-ring (bicyclic) bond motifs is 13. The maximum absolute atomic E-state index is 7.56. The second-order valence-corrected chi connectivity index (χ2v) is 15.3. The van der Waals surface area contributed by atoms with E-state index in [0.29, 0.717) is 64.4 Å². The maximum Gasteiger partial charge on any atom is 0.499 e. The normalized spacial score (nSPS) is 14.4. The summed E-state index contributed by atoms with van der Waals surface area (Å²) in [7, 11) is 0. The Balaban J connectivity index is 1.35. The topological polar surface area (TPSA) is 59.3 Å². The van der Waals surface area contributed by atoms with Crippen molar-refractivity contribution in [3.05, 3.63) is 125 Å². The number of aromatic nitrogens is 2. The molecule has 6 aromatic carbocycles. The van der Waals surface area contributed by atoms with Gasteiger partial charge in [-0.25, -0.2) is 20.0 Å². The van der Waals surface area contributed by atoms with Gasteiger partial charge in [0.2, 0.25) is 0 Å². The highest BCUT2D eigenvalue weighted by Gasteiger charge is 2.36. The molecule has 238 valence electrons. The molecular weight excluding hydrogens is 775 g/mol. The fraction of sp³-hybridized carbons (Fsp3) is 0. The molecule has 0 aliphatic carbocycles. The highest BCUT2D eigenvalue weighted by atomic mass is 35.5. The summed E-state index contributed by atoms with van der Waals surface area (Å²) in [4.78, 5) is 20.9. The largest absolute Gasteiger partial charge is 0.499 e. The van der Waals surface area contributed by atoms with Gasteiger partial charge in [-0.05, 0) is 105 Å². The van der Waals surface area contributed by atoms with Crippen LogP contribution in [0.1, 0.15) is 11.1 Å². The Morgan fingerprint density at radius 3 is 1.20 bits per heavy atom. The van der Waals surface area contributed by atoms with Gasteiger partial charge in [0, 0.05) is 32.7 Å². The SMILES string of the molecule is ClB1n2c3c4cc5cc(Cl)c(Cl)cc5cc4c2N=c2c4cc5cc(Cl)c(Cl)cc5cc4c(n21)=NC1=NC(=N3)c2cc3cc(Cl)c(Cl)cc3cc21. The van der Waals surface area contributed by atoms with Gasteiger partial charge in [-0.1, -0.05) is 69.6 Å². The van der Waals surface area contributed by atoms with Crippen LogP contribution in [0.3, 0.4) is 0 Å². The Bertz CT molecular complexity index is 3200. The Labute approximate surface area is 316 Å². The number of benzene rings is 6. The minimum Gasteiger partial charge on any atom is -0.319 e. The van der Waals surface area contributed by atoms with Crippen LogP contribution in [-0.2, 0) is 0 Å². The van der Waals surface area contributed by atoms with Gasteiger partial charge >= 0.3 is 6.40 Å². The third-order valence-corrected chi connectivity index (χ3v) is 12.2. The monoisotopic (exact) mass is 784 g/mol. The lowest BCUT2D eigenvalue weighted by molar-refractivity contribution is 0.938. The van der Waals surface area contributed by atoms with Crippen molar-refractivity contribution in [3.63, 3.8) is 0 Å². The molecule has 0 saturated heterocycles. The number of nitrogens with zero attached hydrogens (tertiary/aromatic N) is 6. The standard InChI is InChI=1S/C36H12BCl7N6/c38-25-7-13-1-19-20(2-14(13)8-26(25)39)32-45-31(19)46-33-21-3-15-9-27(40)29(42)11-17(15)5-23(21)35-48-36-24-6-18-12-30(43)28(41)10-16(18)4-22(24)34(47-32)50(36)37(44)49(33)35/h1-12H. The van der Waals surface area contributed by atoms with Crippen LogP contribution in [0.4, 0.5) is 11.6 Å². The average Bonchev–Trinajstić information content (AvgIpc) is 3.67. The molecule has 0 fully saturated rings. The first-order valence-corrected chi connectivity index (χ1v) is 17.9. The quantitative estimate of drug-likeness (QED) is 0.137. The van der Waals surface area contributed by atoms with Gasteiger partial charge in [0.1, 0.15) is 22.6 Å². The Hall–Kier alpha value is -3.79. The smallest absolute Gasteiger partial charge is 0.319 e. The predicted octanol–water partition coefficient (Wildman–Crippen LogP) is 11.3. The first-order valence-electron chi connectivity index (χ1n) is 15.2. The molecule has 0 atom stereocenters. The van der Waals surface area contributed by atoms with E-state index in [1.54, 1.807) is 0 Å². The predicted molar refractivity (Wildman–Crippen MR) is 210 cm³/mol. The van der Waals surface area contributed by atoms with Crippen molar-refractivity contribution in [2.75, 3.05) is 0 Å². The molecule has 8 aromatic rings. The van der Waals surface area contributed by atoms with Crippen molar-refractivity contribution < 1.29 is 0 Å². The summed E-state index contributed by atoms with van der Waals surface area (Å²) in [6.45, 7) is 0. The van der Waals surface area contributed by atoms with Gasteiger partial charge in [0.15, 0.2) is 11.7 Å². The van der Waals surface area contributed by atoms with Crippen molar-refractivity contribution in [2.24, 2.45) is 20.0 Å². The summed E-state index contributed by atoms with van der Waals surface area (Å²) in [6, 6.07) is 23.3. The van der Waals surface area contributed by atoms with E-state index in [1.807, 2.05) is 69.6 Å². The summed E-state index contributed by atoms with van der Waals surface area (Å²) in [6.07, 6.45) is -0.793. The third kappa shape index (κ3) is 3.97. The second-order valence-electron chi connectivity index (χ2n) is 12.5.